The monoisotopic (exact) mass is 393 g/mol. The van der Waals surface area contributed by atoms with E-state index in [0.717, 1.165) is 0 Å². The highest BCUT2D eigenvalue weighted by Gasteiger charge is 2.37. The summed E-state index contributed by atoms with van der Waals surface area (Å²) in [6.45, 7) is 12.4. The van der Waals surface area contributed by atoms with Gasteiger partial charge in [-0.05, 0) is 48.8 Å². The summed E-state index contributed by atoms with van der Waals surface area (Å²) in [7, 11) is -1.93. The third-order valence-corrected chi connectivity index (χ3v) is 9.33. The van der Waals surface area contributed by atoms with E-state index in [1.165, 1.54) is 6.92 Å². The molecular formula is C19H31N3O4Si. The molecule has 27 heavy (non-hydrogen) atoms. The van der Waals surface area contributed by atoms with Gasteiger partial charge in [-0.25, -0.2) is 0 Å². The van der Waals surface area contributed by atoms with E-state index in [0.29, 0.717) is 24.3 Å². The lowest BCUT2D eigenvalue weighted by Gasteiger charge is -2.36. The lowest BCUT2D eigenvalue weighted by atomic mass is 10.1. The number of nitrogens with two attached hydrogens (primary N) is 1. The Morgan fingerprint density at radius 2 is 1.70 bits per heavy atom. The maximum Gasteiger partial charge on any atom is 0.251 e. The average molecular weight is 394 g/mol. The molecule has 150 valence electrons. The number of nitrogens with one attached hydrogen (secondary N) is 2. The normalized spacial score (nSPS) is 13.0. The Morgan fingerprint density at radius 3 is 2.15 bits per heavy atom. The molecule has 0 aliphatic heterocycles. The van der Waals surface area contributed by atoms with Crippen LogP contribution in [0.4, 0.5) is 5.69 Å². The molecule has 0 unspecified atom stereocenters. The number of hydrogen-bond donors (Lipinski definition) is 3. The Bertz CT molecular complexity index is 681. The zero-order chi connectivity index (χ0) is 20.8. The second-order valence-corrected chi connectivity index (χ2v) is 12.9. The Hall–Kier alpha value is -2.19. The Morgan fingerprint density at radius 1 is 1.15 bits per heavy atom. The van der Waals surface area contributed by atoms with E-state index in [-0.39, 0.29) is 10.9 Å². The summed E-state index contributed by atoms with van der Waals surface area (Å²) < 4.78 is 6.05. The zero-order valence-electron chi connectivity index (χ0n) is 17.0. The highest BCUT2D eigenvalue weighted by atomic mass is 28.4. The second-order valence-electron chi connectivity index (χ2n) is 8.08. The molecule has 1 aromatic rings. The molecule has 1 aromatic carbocycles. The fourth-order valence-electron chi connectivity index (χ4n) is 2.08. The quantitative estimate of drug-likeness (QED) is 0.590. The van der Waals surface area contributed by atoms with Gasteiger partial charge in [0, 0.05) is 24.8 Å². The van der Waals surface area contributed by atoms with Gasteiger partial charge in [-0.2, -0.15) is 0 Å². The highest BCUT2D eigenvalue weighted by molar-refractivity contribution is 6.74. The van der Waals surface area contributed by atoms with Crippen LogP contribution in [0.2, 0.25) is 18.1 Å². The maximum absolute atomic E-state index is 12.4. The summed E-state index contributed by atoms with van der Waals surface area (Å²) in [4.78, 5) is 35.1. The van der Waals surface area contributed by atoms with E-state index in [9.17, 15) is 14.4 Å². The largest absolute Gasteiger partial charge is 0.417 e. The number of amides is 3. The van der Waals surface area contributed by atoms with Crippen molar-refractivity contribution >= 4 is 31.7 Å². The SMILES string of the molecule is CC(=O)Nc1ccc(C(=O)N[C@@H](CCO[Si](C)(C)C(C)(C)C)C(N)=O)cc1. The Kier molecular flexibility index (Phi) is 7.73. The Labute approximate surface area is 162 Å². The Balaban J connectivity index is 2.67. The standard InChI is InChI=1S/C19H31N3O4Si/c1-13(23)21-15-9-7-14(8-10-15)18(25)22-16(17(20)24)11-12-26-27(5,6)19(2,3)4/h7-10,16H,11-12H2,1-6H3,(H2,20,24)(H,21,23)(H,22,25)/t16-/m0/s1. The maximum atomic E-state index is 12.4. The molecule has 0 spiro atoms. The highest BCUT2D eigenvalue weighted by Crippen LogP contribution is 2.36. The van der Waals surface area contributed by atoms with Crippen LogP contribution in [-0.4, -0.2) is 38.7 Å². The molecule has 0 bridgehead atoms. The van der Waals surface area contributed by atoms with Crippen LogP contribution in [0.15, 0.2) is 24.3 Å². The van der Waals surface area contributed by atoms with Gasteiger partial charge in [0.2, 0.25) is 11.8 Å². The van der Waals surface area contributed by atoms with Crippen LogP contribution in [-0.2, 0) is 14.0 Å². The second kappa shape index (κ2) is 9.14. The van der Waals surface area contributed by atoms with Crippen molar-refractivity contribution in [2.75, 3.05) is 11.9 Å². The molecule has 1 atom stereocenters. The van der Waals surface area contributed by atoms with Gasteiger partial charge in [0.1, 0.15) is 6.04 Å². The molecule has 0 heterocycles. The number of primary amides is 1. The van der Waals surface area contributed by atoms with Crippen molar-refractivity contribution in [2.24, 2.45) is 5.73 Å². The first-order valence-electron chi connectivity index (χ1n) is 8.95. The first-order chi connectivity index (χ1) is 12.3. The van der Waals surface area contributed by atoms with Crippen LogP contribution < -0.4 is 16.4 Å². The van der Waals surface area contributed by atoms with Crippen LogP contribution in [0, 0.1) is 0 Å². The summed E-state index contributed by atoms with van der Waals surface area (Å²) in [5.41, 5.74) is 6.40. The van der Waals surface area contributed by atoms with Crippen molar-refractivity contribution in [3.05, 3.63) is 29.8 Å². The van der Waals surface area contributed by atoms with Crippen LogP contribution in [0.5, 0.6) is 0 Å². The molecule has 0 radical (unpaired) electrons. The van der Waals surface area contributed by atoms with Crippen LogP contribution >= 0.6 is 0 Å². The van der Waals surface area contributed by atoms with Gasteiger partial charge in [0.15, 0.2) is 8.32 Å². The van der Waals surface area contributed by atoms with Crippen molar-refractivity contribution < 1.29 is 18.8 Å². The van der Waals surface area contributed by atoms with Gasteiger partial charge in [-0.15, -0.1) is 0 Å². The summed E-state index contributed by atoms with van der Waals surface area (Å²) in [5, 5.41) is 5.34. The first-order valence-corrected chi connectivity index (χ1v) is 11.9. The number of anilines is 1. The number of carbonyl (C=O) groups is 3. The number of rotatable bonds is 8. The fraction of sp³-hybridized carbons (Fsp3) is 0.526. The van der Waals surface area contributed by atoms with Crippen molar-refractivity contribution in [3.8, 4) is 0 Å². The molecule has 0 fully saturated rings. The van der Waals surface area contributed by atoms with Crippen LogP contribution in [0.25, 0.3) is 0 Å². The molecular weight excluding hydrogens is 362 g/mol. The molecule has 0 saturated heterocycles. The van der Waals surface area contributed by atoms with Gasteiger partial charge in [-0.1, -0.05) is 20.8 Å². The zero-order valence-corrected chi connectivity index (χ0v) is 18.0. The van der Waals surface area contributed by atoms with E-state index in [4.69, 9.17) is 10.2 Å². The third-order valence-electron chi connectivity index (χ3n) is 4.79. The van der Waals surface area contributed by atoms with Crippen molar-refractivity contribution in [2.45, 2.75) is 58.3 Å². The van der Waals surface area contributed by atoms with Gasteiger partial charge in [0.05, 0.1) is 0 Å². The lowest BCUT2D eigenvalue weighted by Crippen LogP contribution is -2.47. The summed E-state index contributed by atoms with van der Waals surface area (Å²) in [6.07, 6.45) is 0.317. The minimum Gasteiger partial charge on any atom is -0.417 e. The molecule has 0 saturated carbocycles. The van der Waals surface area contributed by atoms with E-state index in [2.05, 4.69) is 44.5 Å². The van der Waals surface area contributed by atoms with E-state index < -0.39 is 26.2 Å². The number of carbonyl (C=O) groups excluding carboxylic acids is 3. The third kappa shape index (κ3) is 7.14. The smallest absolute Gasteiger partial charge is 0.251 e. The van der Waals surface area contributed by atoms with Crippen LogP contribution in [0.3, 0.4) is 0 Å². The summed E-state index contributed by atoms with van der Waals surface area (Å²) >= 11 is 0. The van der Waals surface area contributed by atoms with Crippen molar-refractivity contribution in [1.29, 1.82) is 0 Å². The van der Waals surface area contributed by atoms with Crippen LogP contribution in [0.1, 0.15) is 44.5 Å². The average Bonchev–Trinajstić information content (AvgIpc) is 2.52. The number of hydrogen-bond acceptors (Lipinski definition) is 4. The molecule has 1 rings (SSSR count). The molecule has 4 N–H and O–H groups in total. The molecule has 7 nitrogen and oxygen atoms in total. The molecule has 0 aliphatic rings. The van der Waals surface area contributed by atoms with Gasteiger partial charge >= 0.3 is 0 Å². The predicted molar refractivity (Wildman–Crippen MR) is 109 cm³/mol. The molecule has 8 heteroatoms. The first kappa shape index (κ1) is 22.8. The van der Waals surface area contributed by atoms with E-state index >= 15 is 0 Å². The lowest BCUT2D eigenvalue weighted by molar-refractivity contribution is -0.120. The minimum absolute atomic E-state index is 0.0636. The van der Waals surface area contributed by atoms with Gasteiger partial charge in [0.25, 0.3) is 5.91 Å². The summed E-state index contributed by atoms with van der Waals surface area (Å²) in [6, 6.07) is 5.58. The molecule has 0 aliphatic carbocycles. The fourth-order valence-corrected chi connectivity index (χ4v) is 3.14. The molecule has 3 amide bonds. The van der Waals surface area contributed by atoms with Gasteiger partial charge in [-0.3, -0.25) is 14.4 Å². The predicted octanol–water partition coefficient (Wildman–Crippen LogP) is 2.64. The van der Waals surface area contributed by atoms with Gasteiger partial charge < -0.3 is 20.8 Å². The topological polar surface area (TPSA) is 111 Å². The number of benzene rings is 1. The van der Waals surface area contributed by atoms with Crippen molar-refractivity contribution in [3.63, 3.8) is 0 Å². The van der Waals surface area contributed by atoms with E-state index in [1.807, 2.05) is 0 Å². The molecule has 0 aromatic heterocycles. The minimum atomic E-state index is -1.93. The summed E-state index contributed by atoms with van der Waals surface area (Å²) in [5.74, 6) is -1.19. The van der Waals surface area contributed by atoms with Crippen molar-refractivity contribution in [1.82, 2.24) is 5.32 Å². The van der Waals surface area contributed by atoms with E-state index in [1.54, 1.807) is 24.3 Å².